The van der Waals surface area contributed by atoms with Crippen LogP contribution in [0.3, 0.4) is 0 Å². The van der Waals surface area contributed by atoms with Crippen molar-refractivity contribution < 1.29 is 0 Å². The van der Waals surface area contributed by atoms with Gasteiger partial charge in [0.1, 0.15) is 0 Å². The number of benzene rings is 1. The van der Waals surface area contributed by atoms with Crippen LogP contribution in [0.5, 0.6) is 0 Å². The summed E-state index contributed by atoms with van der Waals surface area (Å²) in [6.45, 7) is 3.37. The van der Waals surface area contributed by atoms with Crippen molar-refractivity contribution in [1.82, 2.24) is 5.32 Å². The van der Waals surface area contributed by atoms with Crippen LogP contribution in [0.2, 0.25) is 0 Å². The zero-order valence-electron chi connectivity index (χ0n) is 12.1. The molecule has 0 heterocycles. The summed E-state index contributed by atoms with van der Waals surface area (Å²) >= 11 is 0. The second-order valence-electron chi connectivity index (χ2n) is 5.22. The van der Waals surface area contributed by atoms with Crippen molar-refractivity contribution in [3.05, 3.63) is 35.9 Å². The summed E-state index contributed by atoms with van der Waals surface area (Å²) < 4.78 is 0. The predicted molar refractivity (Wildman–Crippen MR) is 81.1 cm³/mol. The lowest BCUT2D eigenvalue weighted by Crippen LogP contribution is -2.17. The molecule has 0 saturated carbocycles. The molecule has 1 nitrogen and oxygen atoms in total. The molecule has 0 aliphatic rings. The van der Waals surface area contributed by atoms with E-state index in [1.54, 1.807) is 0 Å². The quantitative estimate of drug-likeness (QED) is 0.589. The molecule has 1 aromatic rings. The summed E-state index contributed by atoms with van der Waals surface area (Å²) in [7, 11) is 2.05. The van der Waals surface area contributed by atoms with Gasteiger partial charge in [-0.3, -0.25) is 0 Å². The first-order chi connectivity index (χ1) is 8.88. The zero-order valence-corrected chi connectivity index (χ0v) is 12.1. The van der Waals surface area contributed by atoms with Crippen LogP contribution in [0, 0.1) is 0 Å². The van der Waals surface area contributed by atoms with E-state index >= 15 is 0 Å². The Kier molecular flexibility index (Phi) is 8.58. The van der Waals surface area contributed by atoms with Gasteiger partial charge in [-0.25, -0.2) is 0 Å². The number of nitrogens with one attached hydrogen (secondary N) is 1. The molecule has 0 saturated heterocycles. The van der Waals surface area contributed by atoms with Crippen molar-refractivity contribution in [1.29, 1.82) is 0 Å². The highest BCUT2D eigenvalue weighted by Gasteiger charge is 2.09. The normalized spacial score (nSPS) is 12.6. The first kappa shape index (κ1) is 15.2. The number of hydrogen-bond donors (Lipinski definition) is 1. The highest BCUT2D eigenvalue weighted by molar-refractivity contribution is 5.19. The van der Waals surface area contributed by atoms with Crippen molar-refractivity contribution in [2.24, 2.45) is 0 Å². The van der Waals surface area contributed by atoms with Crippen LogP contribution < -0.4 is 5.32 Å². The third-order valence-corrected chi connectivity index (χ3v) is 3.63. The predicted octanol–water partition coefficient (Wildman–Crippen LogP) is 4.74. The van der Waals surface area contributed by atoms with E-state index in [0.29, 0.717) is 5.92 Å². The molecule has 1 aromatic carbocycles. The zero-order chi connectivity index (χ0) is 13.1. The SMILES string of the molecule is CCCCCCCCC(CNC)c1ccccc1. The molecular weight excluding hydrogens is 218 g/mol. The molecule has 1 N–H and O–H groups in total. The summed E-state index contributed by atoms with van der Waals surface area (Å²) in [5, 5.41) is 3.33. The van der Waals surface area contributed by atoms with Gasteiger partial charge in [-0.05, 0) is 24.9 Å². The third-order valence-electron chi connectivity index (χ3n) is 3.63. The van der Waals surface area contributed by atoms with Gasteiger partial charge in [0, 0.05) is 6.54 Å². The molecule has 18 heavy (non-hydrogen) atoms. The standard InChI is InChI=1S/C17H29N/c1-3-4-5-6-7-9-14-17(15-18-2)16-12-10-8-11-13-16/h8,10-13,17-18H,3-7,9,14-15H2,1-2H3. The molecular formula is C17H29N. The number of unbranched alkanes of at least 4 members (excludes halogenated alkanes) is 5. The van der Waals surface area contributed by atoms with Crippen LogP contribution in [-0.2, 0) is 0 Å². The summed E-state index contributed by atoms with van der Waals surface area (Å²) in [5.41, 5.74) is 1.49. The van der Waals surface area contributed by atoms with Gasteiger partial charge in [-0.2, -0.15) is 0 Å². The Morgan fingerprint density at radius 3 is 2.28 bits per heavy atom. The van der Waals surface area contributed by atoms with Crippen molar-refractivity contribution in [3.8, 4) is 0 Å². The van der Waals surface area contributed by atoms with Gasteiger partial charge in [-0.15, -0.1) is 0 Å². The Bertz CT molecular complexity index is 281. The monoisotopic (exact) mass is 247 g/mol. The molecule has 0 spiro atoms. The third kappa shape index (κ3) is 6.20. The minimum atomic E-state index is 0.683. The maximum atomic E-state index is 3.33. The maximum absolute atomic E-state index is 3.33. The summed E-state index contributed by atoms with van der Waals surface area (Å²) in [6.07, 6.45) is 9.65. The maximum Gasteiger partial charge on any atom is 0.00171 e. The van der Waals surface area contributed by atoms with E-state index in [4.69, 9.17) is 0 Å². The molecule has 0 radical (unpaired) electrons. The number of rotatable bonds is 10. The van der Waals surface area contributed by atoms with Crippen LogP contribution in [0.4, 0.5) is 0 Å². The van der Waals surface area contributed by atoms with Crippen molar-refractivity contribution in [3.63, 3.8) is 0 Å². The summed E-state index contributed by atoms with van der Waals surface area (Å²) in [6, 6.07) is 10.9. The fourth-order valence-corrected chi connectivity index (χ4v) is 2.53. The second-order valence-corrected chi connectivity index (χ2v) is 5.22. The molecule has 0 aliphatic carbocycles. The second kappa shape index (κ2) is 10.1. The van der Waals surface area contributed by atoms with Crippen LogP contribution in [-0.4, -0.2) is 13.6 Å². The molecule has 0 bridgehead atoms. The fourth-order valence-electron chi connectivity index (χ4n) is 2.53. The molecule has 1 atom stereocenters. The Balaban J connectivity index is 2.26. The average molecular weight is 247 g/mol. The minimum Gasteiger partial charge on any atom is -0.319 e. The van der Waals surface area contributed by atoms with Gasteiger partial charge in [0.05, 0.1) is 0 Å². The van der Waals surface area contributed by atoms with Crippen LogP contribution >= 0.6 is 0 Å². The first-order valence-electron chi connectivity index (χ1n) is 7.58. The van der Waals surface area contributed by atoms with Crippen LogP contribution in [0.15, 0.2) is 30.3 Å². The Labute approximate surface area is 113 Å². The van der Waals surface area contributed by atoms with Gasteiger partial charge in [0.2, 0.25) is 0 Å². The highest BCUT2D eigenvalue weighted by Crippen LogP contribution is 2.22. The van der Waals surface area contributed by atoms with Crippen LogP contribution in [0.1, 0.15) is 63.4 Å². The molecule has 102 valence electrons. The number of likely N-dealkylation sites (N-methyl/N-ethyl adjacent to an activating group) is 1. The van der Waals surface area contributed by atoms with Gasteiger partial charge in [-0.1, -0.05) is 75.8 Å². The smallest absolute Gasteiger partial charge is 0.00171 e. The largest absolute Gasteiger partial charge is 0.319 e. The Morgan fingerprint density at radius 2 is 1.61 bits per heavy atom. The van der Waals surface area contributed by atoms with E-state index in [1.807, 2.05) is 0 Å². The topological polar surface area (TPSA) is 12.0 Å². The van der Waals surface area contributed by atoms with E-state index < -0.39 is 0 Å². The van der Waals surface area contributed by atoms with E-state index in [1.165, 1.54) is 50.5 Å². The van der Waals surface area contributed by atoms with Gasteiger partial charge < -0.3 is 5.32 Å². The number of hydrogen-bond acceptors (Lipinski definition) is 1. The van der Waals surface area contributed by atoms with Crippen LogP contribution in [0.25, 0.3) is 0 Å². The molecule has 0 fully saturated rings. The van der Waals surface area contributed by atoms with Gasteiger partial charge in [0.25, 0.3) is 0 Å². The van der Waals surface area contributed by atoms with Crippen molar-refractivity contribution >= 4 is 0 Å². The van der Waals surface area contributed by atoms with E-state index in [9.17, 15) is 0 Å². The molecule has 0 amide bonds. The Hall–Kier alpha value is -0.820. The van der Waals surface area contributed by atoms with Crippen molar-refractivity contribution in [2.45, 2.75) is 57.8 Å². The average Bonchev–Trinajstić information content (AvgIpc) is 2.42. The lowest BCUT2D eigenvalue weighted by atomic mass is 9.93. The molecule has 1 rings (SSSR count). The summed E-state index contributed by atoms with van der Waals surface area (Å²) in [5.74, 6) is 0.683. The van der Waals surface area contributed by atoms with E-state index in [-0.39, 0.29) is 0 Å². The summed E-state index contributed by atoms with van der Waals surface area (Å²) in [4.78, 5) is 0. The lowest BCUT2D eigenvalue weighted by Gasteiger charge is -2.16. The Morgan fingerprint density at radius 1 is 0.944 bits per heavy atom. The van der Waals surface area contributed by atoms with Gasteiger partial charge >= 0.3 is 0 Å². The van der Waals surface area contributed by atoms with Crippen molar-refractivity contribution in [2.75, 3.05) is 13.6 Å². The highest BCUT2D eigenvalue weighted by atomic mass is 14.8. The van der Waals surface area contributed by atoms with E-state index in [2.05, 4.69) is 49.6 Å². The lowest BCUT2D eigenvalue weighted by molar-refractivity contribution is 0.522. The molecule has 0 aromatic heterocycles. The fraction of sp³-hybridized carbons (Fsp3) is 0.647. The minimum absolute atomic E-state index is 0.683. The first-order valence-corrected chi connectivity index (χ1v) is 7.58. The van der Waals surface area contributed by atoms with Gasteiger partial charge in [0.15, 0.2) is 0 Å². The molecule has 1 heteroatoms. The van der Waals surface area contributed by atoms with E-state index in [0.717, 1.165) is 6.54 Å². The molecule has 1 unspecified atom stereocenters. The molecule has 0 aliphatic heterocycles.